The summed E-state index contributed by atoms with van der Waals surface area (Å²) in [6.07, 6.45) is 0.818. The van der Waals surface area contributed by atoms with Gasteiger partial charge in [-0.3, -0.25) is 0 Å². The molecule has 0 saturated carbocycles. The van der Waals surface area contributed by atoms with E-state index in [1.807, 2.05) is 32.0 Å². The molecule has 0 aliphatic rings. The molecule has 1 aromatic carbocycles. The van der Waals surface area contributed by atoms with Gasteiger partial charge in [-0.15, -0.1) is 0 Å². The number of rotatable bonds is 6. The van der Waals surface area contributed by atoms with Crippen LogP contribution in [-0.2, 0) is 4.74 Å². The lowest BCUT2D eigenvalue weighted by Gasteiger charge is -2.22. The zero-order chi connectivity index (χ0) is 13.8. The van der Waals surface area contributed by atoms with Crippen molar-refractivity contribution in [3.8, 4) is 5.75 Å². The second-order valence-electron chi connectivity index (χ2n) is 4.57. The van der Waals surface area contributed by atoms with E-state index in [0.717, 1.165) is 22.2 Å². The number of benzene rings is 1. The van der Waals surface area contributed by atoms with Gasteiger partial charge in [0.15, 0.2) is 0 Å². The van der Waals surface area contributed by atoms with Crippen LogP contribution in [0.4, 0.5) is 0 Å². The molecule has 0 spiro atoms. The monoisotopic (exact) mass is 331 g/mol. The second-order valence-corrected chi connectivity index (χ2v) is 5.86. The van der Waals surface area contributed by atoms with E-state index in [1.165, 1.54) is 0 Å². The van der Waals surface area contributed by atoms with Gasteiger partial charge in [-0.1, -0.05) is 12.2 Å². The highest BCUT2D eigenvalue weighted by molar-refractivity contribution is 9.10. The van der Waals surface area contributed by atoms with Crippen LogP contribution in [0.2, 0.25) is 0 Å². The molecule has 0 aliphatic heterocycles. The van der Waals surface area contributed by atoms with Crippen LogP contribution >= 0.6 is 28.1 Å². The Morgan fingerprint density at radius 3 is 2.61 bits per heavy atom. The van der Waals surface area contributed by atoms with Crippen LogP contribution in [0, 0.1) is 0 Å². The van der Waals surface area contributed by atoms with Crippen molar-refractivity contribution in [2.45, 2.75) is 25.9 Å². The number of hydrogen-bond donors (Lipinski definition) is 1. The standard InChI is InChI=1S/C13H18BrNO2S/c1-13(2,16-3)6-7-17-9-4-5-10(12(15)18)11(14)8-9/h4-5,8H,6-7H2,1-3H3,(H2,15,18). The van der Waals surface area contributed by atoms with Crippen molar-refractivity contribution in [1.82, 2.24) is 0 Å². The van der Waals surface area contributed by atoms with Crippen LogP contribution in [0.15, 0.2) is 22.7 Å². The number of nitrogens with two attached hydrogens (primary N) is 1. The largest absolute Gasteiger partial charge is 0.493 e. The summed E-state index contributed by atoms with van der Waals surface area (Å²) in [7, 11) is 1.70. The highest BCUT2D eigenvalue weighted by Crippen LogP contribution is 2.23. The topological polar surface area (TPSA) is 44.5 Å². The van der Waals surface area contributed by atoms with Crippen LogP contribution in [0.3, 0.4) is 0 Å². The van der Waals surface area contributed by atoms with E-state index in [9.17, 15) is 0 Å². The Morgan fingerprint density at radius 2 is 2.11 bits per heavy atom. The van der Waals surface area contributed by atoms with Crippen molar-refractivity contribution in [3.63, 3.8) is 0 Å². The molecule has 0 saturated heterocycles. The third kappa shape index (κ3) is 4.55. The van der Waals surface area contributed by atoms with Crippen molar-refractivity contribution >= 4 is 33.1 Å². The van der Waals surface area contributed by atoms with Crippen LogP contribution in [0.1, 0.15) is 25.8 Å². The predicted molar refractivity (Wildman–Crippen MR) is 81.2 cm³/mol. The highest BCUT2D eigenvalue weighted by Gasteiger charge is 2.16. The Morgan fingerprint density at radius 1 is 1.44 bits per heavy atom. The molecular formula is C13H18BrNO2S. The minimum absolute atomic E-state index is 0.171. The van der Waals surface area contributed by atoms with E-state index in [0.29, 0.717) is 11.6 Å². The molecular weight excluding hydrogens is 314 g/mol. The van der Waals surface area contributed by atoms with Crippen molar-refractivity contribution in [3.05, 3.63) is 28.2 Å². The molecule has 0 fully saturated rings. The Kier molecular flexibility index (Phi) is 5.56. The number of hydrogen-bond acceptors (Lipinski definition) is 3. The average molecular weight is 332 g/mol. The van der Waals surface area contributed by atoms with Crippen molar-refractivity contribution in [2.75, 3.05) is 13.7 Å². The first-order chi connectivity index (χ1) is 8.35. The van der Waals surface area contributed by atoms with Crippen LogP contribution in [0.25, 0.3) is 0 Å². The van der Waals surface area contributed by atoms with E-state index < -0.39 is 0 Å². The molecule has 0 radical (unpaired) electrons. The van der Waals surface area contributed by atoms with E-state index in [1.54, 1.807) is 7.11 Å². The molecule has 3 nitrogen and oxygen atoms in total. The van der Waals surface area contributed by atoms with Crippen LogP contribution < -0.4 is 10.5 Å². The molecule has 0 amide bonds. The molecule has 0 unspecified atom stereocenters. The van der Waals surface area contributed by atoms with E-state index in [-0.39, 0.29) is 5.60 Å². The van der Waals surface area contributed by atoms with Gasteiger partial charge in [0.05, 0.1) is 12.2 Å². The van der Waals surface area contributed by atoms with Gasteiger partial charge < -0.3 is 15.2 Å². The molecule has 0 bridgehead atoms. The third-order valence-corrected chi connectivity index (χ3v) is 3.61. The van der Waals surface area contributed by atoms with E-state index in [2.05, 4.69) is 15.9 Å². The van der Waals surface area contributed by atoms with Gasteiger partial charge in [-0.25, -0.2) is 0 Å². The Bertz CT molecular complexity index is 435. The molecule has 18 heavy (non-hydrogen) atoms. The van der Waals surface area contributed by atoms with Gasteiger partial charge in [0, 0.05) is 23.6 Å². The summed E-state index contributed by atoms with van der Waals surface area (Å²) in [5.41, 5.74) is 6.23. The first-order valence-electron chi connectivity index (χ1n) is 5.63. The van der Waals surface area contributed by atoms with Crippen molar-refractivity contribution in [2.24, 2.45) is 5.73 Å². The average Bonchev–Trinajstić information content (AvgIpc) is 2.28. The summed E-state index contributed by atoms with van der Waals surface area (Å²) in [6.45, 7) is 4.66. The summed E-state index contributed by atoms with van der Waals surface area (Å²) < 4.78 is 11.8. The lowest BCUT2D eigenvalue weighted by atomic mass is 10.1. The number of halogens is 1. The van der Waals surface area contributed by atoms with Crippen molar-refractivity contribution in [1.29, 1.82) is 0 Å². The van der Waals surface area contributed by atoms with E-state index >= 15 is 0 Å². The minimum atomic E-state index is -0.171. The normalized spacial score (nSPS) is 11.3. The number of ether oxygens (including phenoxy) is 2. The fourth-order valence-electron chi connectivity index (χ4n) is 1.30. The maximum absolute atomic E-state index is 5.67. The Balaban J connectivity index is 2.59. The predicted octanol–water partition coefficient (Wildman–Crippen LogP) is 3.28. The maximum Gasteiger partial charge on any atom is 0.120 e. The van der Waals surface area contributed by atoms with Gasteiger partial charge in [-0.2, -0.15) is 0 Å². The Hall–Kier alpha value is -0.650. The molecule has 1 rings (SSSR count). The summed E-state index contributed by atoms with van der Waals surface area (Å²) >= 11 is 8.36. The molecule has 0 atom stereocenters. The smallest absolute Gasteiger partial charge is 0.120 e. The summed E-state index contributed by atoms with van der Waals surface area (Å²) in [6, 6.07) is 5.58. The zero-order valence-electron chi connectivity index (χ0n) is 10.8. The van der Waals surface area contributed by atoms with Crippen molar-refractivity contribution < 1.29 is 9.47 Å². The molecule has 5 heteroatoms. The van der Waals surface area contributed by atoms with Gasteiger partial charge >= 0.3 is 0 Å². The van der Waals surface area contributed by atoms with Gasteiger partial charge in [0.25, 0.3) is 0 Å². The lowest BCUT2D eigenvalue weighted by Crippen LogP contribution is -2.25. The molecule has 2 N–H and O–H groups in total. The zero-order valence-corrected chi connectivity index (χ0v) is 13.2. The van der Waals surface area contributed by atoms with Gasteiger partial charge in [0.1, 0.15) is 10.7 Å². The first kappa shape index (κ1) is 15.4. The van der Waals surface area contributed by atoms with Crippen LogP contribution in [-0.4, -0.2) is 24.3 Å². The molecule has 0 heterocycles. The second kappa shape index (κ2) is 6.50. The quantitative estimate of drug-likeness (QED) is 0.812. The summed E-state index contributed by atoms with van der Waals surface area (Å²) in [5, 5.41) is 0. The molecule has 0 aromatic heterocycles. The number of methoxy groups -OCH3 is 1. The van der Waals surface area contributed by atoms with Crippen LogP contribution in [0.5, 0.6) is 5.75 Å². The maximum atomic E-state index is 5.67. The number of thiocarbonyl (C=S) groups is 1. The lowest BCUT2D eigenvalue weighted by molar-refractivity contribution is 0.00545. The van der Waals surface area contributed by atoms with E-state index in [4.69, 9.17) is 27.4 Å². The van der Waals surface area contributed by atoms with Gasteiger partial charge in [0.2, 0.25) is 0 Å². The fourth-order valence-corrected chi connectivity index (χ4v) is 2.18. The van der Waals surface area contributed by atoms with Gasteiger partial charge in [-0.05, 0) is 48.0 Å². The Labute approximate surface area is 122 Å². The summed E-state index contributed by atoms with van der Waals surface area (Å²) in [4.78, 5) is 0.369. The molecule has 100 valence electrons. The minimum Gasteiger partial charge on any atom is -0.493 e. The third-order valence-electron chi connectivity index (χ3n) is 2.73. The SMILES string of the molecule is COC(C)(C)CCOc1ccc(C(N)=S)c(Br)c1. The fraction of sp³-hybridized carbons (Fsp3) is 0.462. The summed E-state index contributed by atoms with van der Waals surface area (Å²) in [5.74, 6) is 0.786. The highest BCUT2D eigenvalue weighted by atomic mass is 79.9. The molecule has 0 aliphatic carbocycles. The first-order valence-corrected chi connectivity index (χ1v) is 6.83. The molecule has 1 aromatic rings.